The quantitative estimate of drug-likeness (QED) is 0.817. The van der Waals surface area contributed by atoms with Gasteiger partial charge in [-0.15, -0.1) is 0 Å². The lowest BCUT2D eigenvalue weighted by atomic mass is 10.2. The highest BCUT2D eigenvalue weighted by Gasteiger charge is 2.14. The van der Waals surface area contributed by atoms with Crippen molar-refractivity contribution in [3.63, 3.8) is 0 Å². The van der Waals surface area contributed by atoms with Crippen LogP contribution in [0.2, 0.25) is 0 Å². The van der Waals surface area contributed by atoms with E-state index in [9.17, 15) is 9.18 Å². The van der Waals surface area contributed by atoms with E-state index >= 15 is 0 Å². The third-order valence-corrected chi connectivity index (χ3v) is 3.15. The summed E-state index contributed by atoms with van der Waals surface area (Å²) in [6.45, 7) is 1.03. The maximum absolute atomic E-state index is 12.7. The van der Waals surface area contributed by atoms with Crippen LogP contribution in [0.3, 0.4) is 0 Å². The molecule has 0 heterocycles. The molecule has 0 unspecified atom stereocenters. The van der Waals surface area contributed by atoms with E-state index in [-0.39, 0.29) is 11.7 Å². The van der Waals surface area contributed by atoms with Crippen molar-refractivity contribution in [1.29, 1.82) is 0 Å². The van der Waals surface area contributed by atoms with E-state index in [1.165, 1.54) is 37.1 Å². The molecule has 1 aliphatic rings. The van der Waals surface area contributed by atoms with Crippen LogP contribution in [0.25, 0.3) is 0 Å². The van der Waals surface area contributed by atoms with E-state index in [2.05, 4.69) is 5.32 Å². The van der Waals surface area contributed by atoms with Crippen LogP contribution in [0.5, 0.6) is 0 Å². The lowest BCUT2D eigenvalue weighted by Crippen LogP contribution is -2.28. The van der Waals surface area contributed by atoms with Gasteiger partial charge in [0, 0.05) is 12.1 Å². The zero-order valence-electron chi connectivity index (χ0n) is 10.3. The van der Waals surface area contributed by atoms with Crippen molar-refractivity contribution in [1.82, 2.24) is 5.32 Å². The van der Waals surface area contributed by atoms with Crippen LogP contribution in [0.15, 0.2) is 24.3 Å². The molecule has 0 aliphatic heterocycles. The Morgan fingerprint density at radius 3 is 2.61 bits per heavy atom. The first kappa shape index (κ1) is 13.0. The van der Waals surface area contributed by atoms with Gasteiger partial charge < -0.3 is 10.1 Å². The van der Waals surface area contributed by atoms with Crippen LogP contribution in [-0.4, -0.2) is 25.2 Å². The number of amides is 1. The lowest BCUT2D eigenvalue weighted by molar-refractivity contribution is 0.0582. The number of rotatable bonds is 5. The molecule has 0 aromatic heterocycles. The summed E-state index contributed by atoms with van der Waals surface area (Å²) in [4.78, 5) is 11.7. The third kappa shape index (κ3) is 3.81. The third-order valence-electron chi connectivity index (χ3n) is 3.15. The van der Waals surface area contributed by atoms with Gasteiger partial charge in [-0.1, -0.05) is 12.8 Å². The average Bonchev–Trinajstić information content (AvgIpc) is 2.88. The molecule has 1 fully saturated rings. The average molecular weight is 251 g/mol. The van der Waals surface area contributed by atoms with Crippen molar-refractivity contribution in [2.75, 3.05) is 13.2 Å². The molecule has 4 heteroatoms. The minimum atomic E-state index is -0.337. The molecule has 1 aliphatic carbocycles. The number of carbonyl (C=O) groups is 1. The largest absolute Gasteiger partial charge is 0.376 e. The van der Waals surface area contributed by atoms with Crippen LogP contribution < -0.4 is 5.32 Å². The first-order valence-electron chi connectivity index (χ1n) is 6.41. The van der Waals surface area contributed by atoms with Crippen LogP contribution in [0.4, 0.5) is 4.39 Å². The predicted octanol–water partition coefficient (Wildman–Crippen LogP) is 2.51. The molecule has 0 atom stereocenters. The van der Waals surface area contributed by atoms with E-state index < -0.39 is 0 Å². The Hall–Kier alpha value is -1.42. The molecule has 1 amide bonds. The standard InChI is InChI=1S/C14H18FNO2/c15-12-7-5-11(6-8-12)14(17)16-9-10-18-13-3-1-2-4-13/h5-8,13H,1-4,9-10H2,(H,16,17). The molecule has 0 saturated heterocycles. The summed E-state index contributed by atoms with van der Waals surface area (Å²) >= 11 is 0. The van der Waals surface area contributed by atoms with Crippen LogP contribution in [0, 0.1) is 5.82 Å². The number of halogens is 1. The monoisotopic (exact) mass is 251 g/mol. The highest BCUT2D eigenvalue weighted by molar-refractivity contribution is 5.94. The van der Waals surface area contributed by atoms with E-state index in [1.807, 2.05) is 0 Å². The number of carbonyl (C=O) groups excluding carboxylic acids is 1. The second-order valence-corrected chi connectivity index (χ2v) is 4.54. The van der Waals surface area contributed by atoms with E-state index in [0.717, 1.165) is 12.8 Å². The van der Waals surface area contributed by atoms with E-state index in [0.29, 0.717) is 24.8 Å². The highest BCUT2D eigenvalue weighted by atomic mass is 19.1. The molecule has 1 N–H and O–H groups in total. The van der Waals surface area contributed by atoms with Crippen LogP contribution in [-0.2, 0) is 4.74 Å². The lowest BCUT2D eigenvalue weighted by Gasteiger charge is -2.11. The molecule has 2 rings (SSSR count). The van der Waals surface area contributed by atoms with Gasteiger partial charge in [0.15, 0.2) is 0 Å². The summed E-state index contributed by atoms with van der Waals surface area (Å²) in [6.07, 6.45) is 5.12. The summed E-state index contributed by atoms with van der Waals surface area (Å²) in [7, 11) is 0. The first-order valence-corrected chi connectivity index (χ1v) is 6.41. The topological polar surface area (TPSA) is 38.3 Å². The molecule has 0 bridgehead atoms. The summed E-state index contributed by atoms with van der Waals surface area (Å²) < 4.78 is 18.3. The number of hydrogen-bond acceptors (Lipinski definition) is 2. The SMILES string of the molecule is O=C(NCCOC1CCCC1)c1ccc(F)cc1. The Bertz CT molecular complexity index is 385. The molecule has 1 aromatic rings. The first-order chi connectivity index (χ1) is 8.75. The second-order valence-electron chi connectivity index (χ2n) is 4.54. The fraction of sp³-hybridized carbons (Fsp3) is 0.500. The van der Waals surface area contributed by atoms with Gasteiger partial charge in [-0.2, -0.15) is 0 Å². The fourth-order valence-corrected chi connectivity index (χ4v) is 2.15. The molecule has 98 valence electrons. The van der Waals surface area contributed by atoms with E-state index in [4.69, 9.17) is 4.74 Å². The molecule has 1 saturated carbocycles. The Morgan fingerprint density at radius 2 is 1.94 bits per heavy atom. The van der Waals surface area contributed by atoms with Crippen molar-refractivity contribution in [3.8, 4) is 0 Å². The van der Waals surface area contributed by atoms with Crippen molar-refractivity contribution in [3.05, 3.63) is 35.6 Å². The van der Waals surface area contributed by atoms with E-state index in [1.54, 1.807) is 0 Å². The van der Waals surface area contributed by atoms with Crippen molar-refractivity contribution >= 4 is 5.91 Å². The molecular formula is C14H18FNO2. The summed E-state index contributed by atoms with van der Waals surface area (Å²) in [5.74, 6) is -0.527. The number of hydrogen-bond donors (Lipinski definition) is 1. The zero-order chi connectivity index (χ0) is 12.8. The second kappa shape index (κ2) is 6.50. The van der Waals surface area contributed by atoms with Crippen molar-refractivity contribution in [2.45, 2.75) is 31.8 Å². The van der Waals surface area contributed by atoms with Crippen molar-refractivity contribution < 1.29 is 13.9 Å². The Morgan fingerprint density at radius 1 is 1.28 bits per heavy atom. The maximum Gasteiger partial charge on any atom is 0.251 e. The van der Waals surface area contributed by atoms with Gasteiger partial charge in [-0.05, 0) is 37.1 Å². The van der Waals surface area contributed by atoms with Gasteiger partial charge in [-0.25, -0.2) is 4.39 Å². The molecular weight excluding hydrogens is 233 g/mol. The molecule has 0 radical (unpaired) electrons. The van der Waals surface area contributed by atoms with Crippen LogP contribution in [0.1, 0.15) is 36.0 Å². The smallest absolute Gasteiger partial charge is 0.251 e. The molecule has 1 aromatic carbocycles. The van der Waals surface area contributed by atoms with Gasteiger partial charge in [0.2, 0.25) is 0 Å². The molecule has 3 nitrogen and oxygen atoms in total. The van der Waals surface area contributed by atoms with Gasteiger partial charge in [0.1, 0.15) is 5.82 Å². The molecule has 18 heavy (non-hydrogen) atoms. The van der Waals surface area contributed by atoms with Gasteiger partial charge in [-0.3, -0.25) is 4.79 Å². The van der Waals surface area contributed by atoms with Gasteiger partial charge in [0.25, 0.3) is 5.91 Å². The minimum absolute atomic E-state index is 0.190. The summed E-state index contributed by atoms with van der Waals surface area (Å²) in [5, 5.41) is 2.76. The highest BCUT2D eigenvalue weighted by Crippen LogP contribution is 2.20. The maximum atomic E-state index is 12.7. The summed E-state index contributed by atoms with van der Waals surface area (Å²) in [6, 6.07) is 5.51. The fourth-order valence-electron chi connectivity index (χ4n) is 2.15. The predicted molar refractivity (Wildman–Crippen MR) is 66.9 cm³/mol. The van der Waals surface area contributed by atoms with Crippen LogP contribution >= 0.6 is 0 Å². The number of ether oxygens (including phenoxy) is 1. The van der Waals surface area contributed by atoms with Gasteiger partial charge >= 0.3 is 0 Å². The number of nitrogens with one attached hydrogen (secondary N) is 1. The Balaban J connectivity index is 1.66. The normalized spacial score (nSPS) is 15.8. The summed E-state index contributed by atoms with van der Waals surface area (Å²) in [5.41, 5.74) is 0.470. The van der Waals surface area contributed by atoms with Crippen molar-refractivity contribution in [2.24, 2.45) is 0 Å². The van der Waals surface area contributed by atoms with Gasteiger partial charge in [0.05, 0.1) is 12.7 Å². The Labute approximate surface area is 106 Å². The minimum Gasteiger partial charge on any atom is -0.376 e. The molecule has 0 spiro atoms. The number of benzene rings is 1. The Kier molecular flexibility index (Phi) is 4.70. The zero-order valence-corrected chi connectivity index (χ0v) is 10.3.